The molecule has 0 spiro atoms. The third kappa shape index (κ3) is 3.12. The summed E-state index contributed by atoms with van der Waals surface area (Å²) >= 11 is 0. The highest BCUT2D eigenvalue weighted by Gasteiger charge is 2.58. The summed E-state index contributed by atoms with van der Waals surface area (Å²) in [6.07, 6.45) is 0.907. The van der Waals surface area contributed by atoms with Gasteiger partial charge in [-0.2, -0.15) is 0 Å². The number of methoxy groups -OCH3 is 2. The average molecular weight is 396 g/mol. The molecule has 5 rings (SSSR count). The molecule has 1 unspecified atom stereocenters. The summed E-state index contributed by atoms with van der Waals surface area (Å²) in [5, 5.41) is 2.55. The third-order valence-corrected chi connectivity index (χ3v) is 6.05. The SMILES string of the molecule is COc1ccc(C2(c3ccc(OC)cc3)OC2Cc2cccc3ccccc23)cc1. The lowest BCUT2D eigenvalue weighted by Gasteiger charge is -2.16. The van der Waals surface area contributed by atoms with Gasteiger partial charge >= 0.3 is 0 Å². The molecular weight excluding hydrogens is 372 g/mol. The Bertz CT molecular complexity index is 1110. The number of hydrogen-bond acceptors (Lipinski definition) is 3. The molecule has 0 bridgehead atoms. The number of rotatable bonds is 6. The molecule has 3 nitrogen and oxygen atoms in total. The number of epoxide rings is 1. The first-order chi connectivity index (χ1) is 14.7. The lowest BCUT2D eigenvalue weighted by Crippen LogP contribution is -2.16. The minimum absolute atomic E-state index is 0.0603. The predicted octanol–water partition coefficient (Wildman–Crippen LogP) is 5.74. The van der Waals surface area contributed by atoms with Crippen molar-refractivity contribution in [3.63, 3.8) is 0 Å². The van der Waals surface area contributed by atoms with E-state index in [1.807, 2.05) is 24.3 Å². The van der Waals surface area contributed by atoms with E-state index >= 15 is 0 Å². The van der Waals surface area contributed by atoms with E-state index in [1.165, 1.54) is 16.3 Å². The Morgan fingerprint density at radius 3 is 1.87 bits per heavy atom. The van der Waals surface area contributed by atoms with Gasteiger partial charge in [0.25, 0.3) is 0 Å². The summed E-state index contributed by atoms with van der Waals surface area (Å²) in [5.74, 6) is 1.68. The molecule has 0 N–H and O–H groups in total. The van der Waals surface area contributed by atoms with Gasteiger partial charge in [0.1, 0.15) is 23.2 Å². The van der Waals surface area contributed by atoms with Gasteiger partial charge in [-0.15, -0.1) is 0 Å². The van der Waals surface area contributed by atoms with Crippen LogP contribution < -0.4 is 9.47 Å². The van der Waals surface area contributed by atoms with Crippen molar-refractivity contribution in [2.24, 2.45) is 0 Å². The Labute approximate surface area is 176 Å². The second-order valence-electron chi connectivity index (χ2n) is 7.64. The molecule has 1 aliphatic heterocycles. The molecule has 1 saturated heterocycles. The minimum Gasteiger partial charge on any atom is -0.497 e. The van der Waals surface area contributed by atoms with Crippen molar-refractivity contribution < 1.29 is 14.2 Å². The van der Waals surface area contributed by atoms with E-state index in [2.05, 4.69) is 66.7 Å². The molecule has 30 heavy (non-hydrogen) atoms. The van der Waals surface area contributed by atoms with Crippen molar-refractivity contribution in [1.29, 1.82) is 0 Å². The van der Waals surface area contributed by atoms with Crippen molar-refractivity contribution in [3.05, 3.63) is 108 Å². The van der Waals surface area contributed by atoms with Crippen molar-refractivity contribution in [2.45, 2.75) is 18.1 Å². The van der Waals surface area contributed by atoms with E-state index < -0.39 is 5.60 Å². The average Bonchev–Trinajstić information content (AvgIpc) is 3.54. The summed E-state index contributed by atoms with van der Waals surface area (Å²) < 4.78 is 17.2. The lowest BCUT2D eigenvalue weighted by atomic mass is 9.85. The number of fused-ring (bicyclic) bond motifs is 1. The normalized spacial score (nSPS) is 16.9. The first-order valence-electron chi connectivity index (χ1n) is 10.2. The predicted molar refractivity (Wildman–Crippen MR) is 119 cm³/mol. The van der Waals surface area contributed by atoms with Crippen LogP contribution in [-0.2, 0) is 16.8 Å². The number of ether oxygens (including phenoxy) is 3. The molecule has 0 aliphatic carbocycles. The molecule has 4 aromatic carbocycles. The van der Waals surface area contributed by atoms with E-state index in [4.69, 9.17) is 14.2 Å². The minimum atomic E-state index is -0.463. The zero-order chi connectivity index (χ0) is 20.6. The number of hydrogen-bond donors (Lipinski definition) is 0. The Morgan fingerprint density at radius 1 is 0.700 bits per heavy atom. The molecule has 0 radical (unpaired) electrons. The molecule has 1 heterocycles. The van der Waals surface area contributed by atoms with Crippen LogP contribution in [0.4, 0.5) is 0 Å². The molecule has 0 saturated carbocycles. The van der Waals surface area contributed by atoms with Gasteiger partial charge in [0.05, 0.1) is 14.2 Å². The smallest absolute Gasteiger partial charge is 0.145 e. The monoisotopic (exact) mass is 396 g/mol. The molecule has 0 aromatic heterocycles. The molecule has 3 heteroatoms. The largest absolute Gasteiger partial charge is 0.497 e. The zero-order valence-corrected chi connectivity index (χ0v) is 17.2. The van der Waals surface area contributed by atoms with Crippen LogP contribution >= 0.6 is 0 Å². The van der Waals surface area contributed by atoms with Gasteiger partial charge in [-0.25, -0.2) is 0 Å². The molecule has 1 atom stereocenters. The fraction of sp³-hybridized carbons (Fsp3) is 0.185. The van der Waals surface area contributed by atoms with Gasteiger partial charge in [0.15, 0.2) is 0 Å². The first-order valence-corrected chi connectivity index (χ1v) is 10.2. The number of benzene rings is 4. The Morgan fingerprint density at radius 2 is 1.27 bits per heavy atom. The van der Waals surface area contributed by atoms with Crippen LogP contribution in [0.3, 0.4) is 0 Å². The fourth-order valence-corrected chi connectivity index (χ4v) is 4.40. The fourth-order valence-electron chi connectivity index (χ4n) is 4.40. The summed E-state index contributed by atoms with van der Waals surface area (Å²) in [6.45, 7) is 0. The van der Waals surface area contributed by atoms with Crippen LogP contribution in [0.1, 0.15) is 16.7 Å². The van der Waals surface area contributed by atoms with Crippen LogP contribution in [0.5, 0.6) is 11.5 Å². The van der Waals surface area contributed by atoms with Gasteiger partial charge in [0, 0.05) is 6.42 Å². The van der Waals surface area contributed by atoms with Crippen LogP contribution in [0.25, 0.3) is 10.8 Å². The molecule has 1 fully saturated rings. The molecular formula is C27H24O3. The van der Waals surface area contributed by atoms with Gasteiger partial charge < -0.3 is 14.2 Å². The topological polar surface area (TPSA) is 31.0 Å². The quantitative estimate of drug-likeness (QED) is 0.389. The summed E-state index contributed by atoms with van der Waals surface area (Å²) in [5.41, 5.74) is 3.12. The maximum absolute atomic E-state index is 6.49. The van der Waals surface area contributed by atoms with E-state index in [1.54, 1.807) is 14.2 Å². The Balaban J connectivity index is 1.54. The van der Waals surface area contributed by atoms with Gasteiger partial charge in [-0.3, -0.25) is 0 Å². The van der Waals surface area contributed by atoms with Gasteiger partial charge in [-0.1, -0.05) is 66.7 Å². The van der Waals surface area contributed by atoms with Crippen molar-refractivity contribution in [1.82, 2.24) is 0 Å². The second kappa shape index (κ2) is 7.51. The lowest BCUT2D eigenvalue weighted by molar-refractivity contribution is 0.326. The highest BCUT2D eigenvalue weighted by Crippen LogP contribution is 2.53. The van der Waals surface area contributed by atoms with Gasteiger partial charge in [-0.05, 0) is 51.7 Å². The van der Waals surface area contributed by atoms with E-state index in [0.717, 1.165) is 29.0 Å². The van der Waals surface area contributed by atoms with Crippen molar-refractivity contribution in [3.8, 4) is 11.5 Å². The van der Waals surface area contributed by atoms with E-state index in [9.17, 15) is 0 Å². The Hall–Kier alpha value is -3.30. The summed E-state index contributed by atoms with van der Waals surface area (Å²) in [7, 11) is 3.37. The maximum atomic E-state index is 6.49. The second-order valence-corrected chi connectivity index (χ2v) is 7.64. The maximum Gasteiger partial charge on any atom is 0.145 e. The summed E-state index contributed by atoms with van der Waals surface area (Å²) in [6, 6.07) is 31.4. The van der Waals surface area contributed by atoms with Crippen molar-refractivity contribution >= 4 is 10.8 Å². The molecule has 0 amide bonds. The van der Waals surface area contributed by atoms with Crippen molar-refractivity contribution in [2.75, 3.05) is 14.2 Å². The summed E-state index contributed by atoms with van der Waals surface area (Å²) in [4.78, 5) is 0. The zero-order valence-electron chi connectivity index (χ0n) is 17.2. The van der Waals surface area contributed by atoms with Crippen LogP contribution in [-0.4, -0.2) is 20.3 Å². The molecule has 150 valence electrons. The molecule has 4 aromatic rings. The standard InChI is InChI=1S/C27H24O3/c1-28-23-14-10-21(11-15-23)27(22-12-16-24(29-2)17-13-22)26(30-27)18-20-8-5-7-19-6-3-4-9-25(19)20/h3-17,26H,18H2,1-2H3. The van der Waals surface area contributed by atoms with E-state index in [0.29, 0.717) is 0 Å². The first kappa shape index (κ1) is 18.7. The van der Waals surface area contributed by atoms with E-state index in [-0.39, 0.29) is 6.10 Å². The van der Waals surface area contributed by atoms with Crippen LogP contribution in [0.15, 0.2) is 91.0 Å². The highest BCUT2D eigenvalue weighted by molar-refractivity contribution is 5.85. The third-order valence-electron chi connectivity index (χ3n) is 6.05. The van der Waals surface area contributed by atoms with Gasteiger partial charge in [0.2, 0.25) is 0 Å². The highest BCUT2D eigenvalue weighted by atomic mass is 16.6. The Kier molecular flexibility index (Phi) is 4.68. The van der Waals surface area contributed by atoms with Crippen LogP contribution in [0, 0.1) is 0 Å². The van der Waals surface area contributed by atoms with Crippen LogP contribution in [0.2, 0.25) is 0 Å². The molecule has 1 aliphatic rings.